The first-order chi connectivity index (χ1) is 8.60. The van der Waals surface area contributed by atoms with E-state index in [1.165, 1.54) is 7.11 Å². The highest BCUT2D eigenvalue weighted by atomic mass is 16.5. The van der Waals surface area contributed by atoms with E-state index in [1.54, 1.807) is 18.2 Å². The van der Waals surface area contributed by atoms with Gasteiger partial charge in [-0.3, -0.25) is 4.79 Å². The van der Waals surface area contributed by atoms with E-state index in [2.05, 4.69) is 5.32 Å². The number of carbonyl (C=O) groups is 1. The van der Waals surface area contributed by atoms with Gasteiger partial charge in [-0.05, 0) is 31.0 Å². The molecule has 0 unspecified atom stereocenters. The molecule has 5 nitrogen and oxygen atoms in total. The summed E-state index contributed by atoms with van der Waals surface area (Å²) in [5.41, 5.74) is 6.48. The van der Waals surface area contributed by atoms with E-state index in [0.29, 0.717) is 23.5 Å². The van der Waals surface area contributed by atoms with Crippen LogP contribution < -0.4 is 15.8 Å². The van der Waals surface area contributed by atoms with E-state index in [9.17, 15) is 9.90 Å². The zero-order chi connectivity index (χ0) is 13.2. The Bertz CT molecular complexity index is 456. The molecule has 1 fully saturated rings. The molecule has 4 N–H and O–H groups in total. The lowest BCUT2D eigenvalue weighted by atomic mass is 10.1. The number of benzene rings is 1. The molecule has 0 radical (unpaired) electrons. The predicted molar refractivity (Wildman–Crippen MR) is 68.5 cm³/mol. The number of nitrogen functional groups attached to an aromatic ring is 1. The first-order valence-corrected chi connectivity index (χ1v) is 5.93. The van der Waals surface area contributed by atoms with Crippen LogP contribution in [-0.4, -0.2) is 31.3 Å². The maximum Gasteiger partial charge on any atom is 0.253 e. The van der Waals surface area contributed by atoms with Gasteiger partial charge in [0.15, 0.2) is 0 Å². The second-order valence-corrected chi connectivity index (χ2v) is 4.79. The van der Waals surface area contributed by atoms with Crippen LogP contribution in [0.3, 0.4) is 0 Å². The highest BCUT2D eigenvalue weighted by Crippen LogP contribution is 2.44. The molecule has 1 aliphatic rings. The van der Waals surface area contributed by atoms with Crippen LogP contribution in [0, 0.1) is 5.41 Å². The summed E-state index contributed by atoms with van der Waals surface area (Å²) in [5.74, 6) is 0.365. The van der Waals surface area contributed by atoms with Crippen molar-refractivity contribution in [1.82, 2.24) is 5.32 Å². The van der Waals surface area contributed by atoms with Gasteiger partial charge in [0, 0.05) is 17.6 Å². The van der Waals surface area contributed by atoms with Gasteiger partial charge in [0.05, 0.1) is 19.3 Å². The fourth-order valence-corrected chi connectivity index (χ4v) is 1.79. The molecule has 1 aromatic rings. The van der Waals surface area contributed by atoms with Crippen LogP contribution in [0.4, 0.5) is 5.69 Å². The molecular formula is C13H18N2O3. The van der Waals surface area contributed by atoms with E-state index in [0.717, 1.165) is 12.8 Å². The zero-order valence-electron chi connectivity index (χ0n) is 10.4. The molecule has 0 atom stereocenters. The van der Waals surface area contributed by atoms with Gasteiger partial charge in [-0.2, -0.15) is 0 Å². The molecule has 98 valence electrons. The summed E-state index contributed by atoms with van der Waals surface area (Å²) in [6.07, 6.45) is 1.91. The summed E-state index contributed by atoms with van der Waals surface area (Å²) in [6, 6.07) is 4.97. The van der Waals surface area contributed by atoms with Gasteiger partial charge in [0.2, 0.25) is 0 Å². The van der Waals surface area contributed by atoms with Crippen LogP contribution in [0.2, 0.25) is 0 Å². The van der Waals surface area contributed by atoms with Crippen molar-refractivity contribution in [3.8, 4) is 5.75 Å². The minimum atomic E-state index is -0.230. The number of amides is 1. The van der Waals surface area contributed by atoms with E-state index in [-0.39, 0.29) is 17.9 Å². The Hall–Kier alpha value is -1.75. The number of carbonyl (C=O) groups excluding carboxylic acids is 1. The first kappa shape index (κ1) is 12.7. The third kappa shape index (κ3) is 2.56. The van der Waals surface area contributed by atoms with Crippen LogP contribution in [-0.2, 0) is 0 Å². The van der Waals surface area contributed by atoms with E-state index in [4.69, 9.17) is 10.5 Å². The average Bonchev–Trinajstić information content (AvgIpc) is 3.17. The summed E-state index contributed by atoms with van der Waals surface area (Å²) in [7, 11) is 1.54. The smallest absolute Gasteiger partial charge is 0.253 e. The Morgan fingerprint density at radius 1 is 1.56 bits per heavy atom. The molecule has 18 heavy (non-hydrogen) atoms. The molecule has 5 heteroatoms. The van der Waals surface area contributed by atoms with Crippen molar-refractivity contribution in [2.24, 2.45) is 5.41 Å². The van der Waals surface area contributed by atoms with Crippen LogP contribution in [0.5, 0.6) is 5.75 Å². The molecule has 0 heterocycles. The molecule has 0 aliphatic heterocycles. The largest absolute Gasteiger partial charge is 0.497 e. The lowest BCUT2D eigenvalue weighted by Gasteiger charge is -2.14. The van der Waals surface area contributed by atoms with E-state index >= 15 is 0 Å². The maximum absolute atomic E-state index is 12.0. The van der Waals surface area contributed by atoms with Gasteiger partial charge < -0.3 is 20.9 Å². The molecule has 0 bridgehead atoms. The van der Waals surface area contributed by atoms with Gasteiger partial charge in [-0.25, -0.2) is 0 Å². The zero-order valence-corrected chi connectivity index (χ0v) is 10.4. The highest BCUT2D eigenvalue weighted by molar-refractivity contribution is 5.99. The molecule has 1 amide bonds. The molecule has 0 spiro atoms. The van der Waals surface area contributed by atoms with Crippen molar-refractivity contribution >= 4 is 11.6 Å². The third-order valence-corrected chi connectivity index (χ3v) is 3.42. The fraction of sp³-hybridized carbons (Fsp3) is 0.462. The predicted octanol–water partition coefficient (Wildman–Crippen LogP) is 0.780. The molecule has 0 aromatic heterocycles. The van der Waals surface area contributed by atoms with Crippen molar-refractivity contribution < 1.29 is 14.6 Å². The first-order valence-electron chi connectivity index (χ1n) is 5.93. The summed E-state index contributed by atoms with van der Waals surface area (Å²) in [6.45, 7) is 0.597. The Labute approximate surface area is 106 Å². The maximum atomic E-state index is 12.0. The lowest BCUT2D eigenvalue weighted by Crippen LogP contribution is -2.32. The summed E-state index contributed by atoms with van der Waals surface area (Å²) >= 11 is 0. The molecular weight excluding hydrogens is 232 g/mol. The van der Waals surface area contributed by atoms with E-state index < -0.39 is 0 Å². The van der Waals surface area contributed by atoms with Crippen LogP contribution in [0.15, 0.2) is 18.2 Å². The molecule has 2 rings (SSSR count). The molecule has 1 saturated carbocycles. The Balaban J connectivity index is 2.04. The van der Waals surface area contributed by atoms with Crippen LogP contribution in [0.25, 0.3) is 0 Å². The SMILES string of the molecule is COc1ccc(N)c(C(=O)NCC2(CO)CC2)c1. The van der Waals surface area contributed by atoms with Crippen LogP contribution >= 0.6 is 0 Å². The summed E-state index contributed by atoms with van der Waals surface area (Å²) < 4.78 is 5.06. The Morgan fingerprint density at radius 3 is 2.83 bits per heavy atom. The van der Waals surface area contributed by atoms with Gasteiger partial charge in [-0.15, -0.1) is 0 Å². The molecule has 1 aliphatic carbocycles. The quantitative estimate of drug-likeness (QED) is 0.674. The van der Waals surface area contributed by atoms with Gasteiger partial charge in [-0.1, -0.05) is 0 Å². The van der Waals surface area contributed by atoms with Gasteiger partial charge in [0.25, 0.3) is 5.91 Å². The van der Waals surface area contributed by atoms with Crippen LogP contribution in [0.1, 0.15) is 23.2 Å². The number of anilines is 1. The second-order valence-electron chi connectivity index (χ2n) is 4.79. The van der Waals surface area contributed by atoms with Crippen molar-refractivity contribution in [2.45, 2.75) is 12.8 Å². The summed E-state index contributed by atoms with van der Waals surface area (Å²) in [4.78, 5) is 12.0. The number of nitrogens with two attached hydrogens (primary N) is 1. The van der Waals surface area contributed by atoms with Gasteiger partial charge >= 0.3 is 0 Å². The monoisotopic (exact) mass is 250 g/mol. The average molecular weight is 250 g/mol. The Morgan fingerprint density at radius 2 is 2.28 bits per heavy atom. The number of nitrogens with one attached hydrogen (secondary N) is 1. The topological polar surface area (TPSA) is 84.6 Å². The number of rotatable bonds is 5. The number of hydrogen-bond acceptors (Lipinski definition) is 4. The van der Waals surface area contributed by atoms with Gasteiger partial charge in [0.1, 0.15) is 5.75 Å². The molecule has 0 saturated heterocycles. The third-order valence-electron chi connectivity index (χ3n) is 3.42. The van der Waals surface area contributed by atoms with Crippen molar-refractivity contribution in [3.05, 3.63) is 23.8 Å². The van der Waals surface area contributed by atoms with Crippen molar-refractivity contribution in [3.63, 3.8) is 0 Å². The lowest BCUT2D eigenvalue weighted by molar-refractivity contribution is 0.0936. The molecule has 1 aromatic carbocycles. The number of methoxy groups -OCH3 is 1. The normalized spacial score (nSPS) is 16.1. The van der Waals surface area contributed by atoms with E-state index in [1.807, 2.05) is 0 Å². The highest BCUT2D eigenvalue weighted by Gasteiger charge is 2.42. The standard InChI is InChI=1S/C13H18N2O3/c1-18-9-2-3-11(14)10(6-9)12(17)15-7-13(8-16)4-5-13/h2-3,6,16H,4-5,7-8,14H2,1H3,(H,15,17). The number of hydrogen-bond donors (Lipinski definition) is 3. The number of aliphatic hydroxyl groups excluding tert-OH is 1. The minimum Gasteiger partial charge on any atom is -0.497 e. The minimum absolute atomic E-state index is 0.108. The Kier molecular flexibility index (Phi) is 3.43. The van der Waals surface area contributed by atoms with Crippen molar-refractivity contribution in [2.75, 3.05) is 26.0 Å². The second kappa shape index (κ2) is 4.86. The summed E-state index contributed by atoms with van der Waals surface area (Å²) in [5, 5.41) is 12.0. The number of ether oxygens (including phenoxy) is 1. The number of aliphatic hydroxyl groups is 1. The fourth-order valence-electron chi connectivity index (χ4n) is 1.79. The van der Waals surface area contributed by atoms with Crippen molar-refractivity contribution in [1.29, 1.82) is 0 Å².